The molecule has 0 aliphatic carbocycles. The zero-order valence-electron chi connectivity index (χ0n) is 17.9. The van der Waals surface area contributed by atoms with Gasteiger partial charge in [0.05, 0.1) is 0 Å². The Morgan fingerprint density at radius 2 is 2.00 bits per heavy atom. The fraction of sp³-hybridized carbons (Fsp3) is 0.308. The molecule has 2 heterocycles. The molecule has 31 heavy (non-hydrogen) atoms. The van der Waals surface area contributed by atoms with E-state index in [0.29, 0.717) is 13.0 Å². The number of carbonyl (C=O) groups excluding carboxylic acids is 1. The van der Waals surface area contributed by atoms with Crippen molar-refractivity contribution in [1.29, 1.82) is 5.26 Å². The Hall–Kier alpha value is -3.52. The maximum Gasteiger partial charge on any atom is 0.261 e. The largest absolute Gasteiger partial charge is 0.372 e. The number of aryl methyl sites for hydroxylation is 1. The smallest absolute Gasteiger partial charge is 0.261 e. The summed E-state index contributed by atoms with van der Waals surface area (Å²) in [6.45, 7) is 4.70. The van der Waals surface area contributed by atoms with Gasteiger partial charge in [-0.15, -0.1) is 0 Å². The summed E-state index contributed by atoms with van der Waals surface area (Å²) >= 11 is 0. The number of nitrogens with one attached hydrogen (secondary N) is 2. The molecule has 0 atom stereocenters. The lowest BCUT2D eigenvalue weighted by Gasteiger charge is -2.29. The highest BCUT2D eigenvalue weighted by atomic mass is 16.1. The van der Waals surface area contributed by atoms with Crippen LogP contribution in [0.15, 0.2) is 54.2 Å². The summed E-state index contributed by atoms with van der Waals surface area (Å²) in [5.74, 6) is -0.332. The minimum absolute atomic E-state index is 0.132. The number of rotatable bonds is 6. The van der Waals surface area contributed by atoms with Crippen LogP contribution in [0.3, 0.4) is 0 Å². The second-order valence-corrected chi connectivity index (χ2v) is 8.12. The van der Waals surface area contributed by atoms with E-state index in [1.165, 1.54) is 24.9 Å². The van der Waals surface area contributed by atoms with Gasteiger partial charge in [-0.1, -0.05) is 24.3 Å². The number of nitriles is 1. The topological polar surface area (TPSA) is 71.9 Å². The monoisotopic (exact) mass is 412 g/mol. The molecule has 2 N–H and O–H groups in total. The van der Waals surface area contributed by atoms with Crippen molar-refractivity contribution in [3.05, 3.63) is 70.9 Å². The van der Waals surface area contributed by atoms with E-state index in [1.807, 2.05) is 37.4 Å². The number of hydrogen-bond acceptors (Lipinski definition) is 3. The first-order valence-corrected chi connectivity index (χ1v) is 11.0. The maximum atomic E-state index is 12.6. The Morgan fingerprint density at radius 3 is 2.77 bits per heavy atom. The predicted octanol–water partition coefficient (Wildman–Crippen LogP) is 4.73. The molecule has 1 amide bonds. The lowest BCUT2D eigenvalue weighted by Crippen LogP contribution is -2.29. The summed E-state index contributed by atoms with van der Waals surface area (Å²) < 4.78 is 0. The number of aromatic amines is 1. The fourth-order valence-electron chi connectivity index (χ4n) is 4.22. The summed E-state index contributed by atoms with van der Waals surface area (Å²) in [5.41, 5.74) is 5.57. The van der Waals surface area contributed by atoms with Crippen LogP contribution in [0, 0.1) is 18.3 Å². The van der Waals surface area contributed by atoms with Crippen LogP contribution in [-0.4, -0.2) is 30.5 Å². The van der Waals surface area contributed by atoms with Crippen molar-refractivity contribution in [2.75, 3.05) is 24.5 Å². The van der Waals surface area contributed by atoms with E-state index >= 15 is 0 Å². The molecule has 0 spiro atoms. The molecule has 1 fully saturated rings. The van der Waals surface area contributed by atoms with Crippen molar-refractivity contribution >= 4 is 28.6 Å². The molecule has 1 aromatic heterocycles. The highest BCUT2D eigenvalue weighted by Gasteiger charge is 2.13. The van der Waals surface area contributed by atoms with Crippen LogP contribution in [0.4, 0.5) is 5.69 Å². The van der Waals surface area contributed by atoms with E-state index in [-0.39, 0.29) is 11.5 Å². The second kappa shape index (κ2) is 9.53. The van der Waals surface area contributed by atoms with Gasteiger partial charge >= 0.3 is 0 Å². The molecule has 0 saturated carbocycles. The van der Waals surface area contributed by atoms with Crippen molar-refractivity contribution in [3.8, 4) is 6.07 Å². The molecule has 5 heteroatoms. The van der Waals surface area contributed by atoms with Gasteiger partial charge in [-0.05, 0) is 73.6 Å². The number of fused-ring (bicyclic) bond motifs is 1. The van der Waals surface area contributed by atoms with Crippen LogP contribution in [0.1, 0.15) is 36.0 Å². The molecule has 0 unspecified atom stereocenters. The normalized spacial score (nSPS) is 14.5. The van der Waals surface area contributed by atoms with Crippen molar-refractivity contribution in [2.24, 2.45) is 0 Å². The molecule has 3 aromatic rings. The molecule has 5 nitrogen and oxygen atoms in total. The number of H-pyrrole nitrogens is 1. The highest BCUT2D eigenvalue weighted by Crippen LogP contribution is 2.24. The number of piperidine rings is 1. The molecule has 4 rings (SSSR count). The highest BCUT2D eigenvalue weighted by molar-refractivity contribution is 6.01. The quantitative estimate of drug-likeness (QED) is 0.454. The van der Waals surface area contributed by atoms with Gasteiger partial charge in [-0.2, -0.15) is 5.26 Å². The van der Waals surface area contributed by atoms with Gasteiger partial charge in [-0.25, -0.2) is 0 Å². The van der Waals surface area contributed by atoms with Crippen molar-refractivity contribution in [3.63, 3.8) is 0 Å². The second-order valence-electron chi connectivity index (χ2n) is 8.12. The molecule has 158 valence electrons. The molecule has 1 aliphatic heterocycles. The molecule has 0 radical (unpaired) electrons. The Balaban J connectivity index is 1.40. The molecule has 1 saturated heterocycles. The van der Waals surface area contributed by atoms with E-state index in [0.717, 1.165) is 40.7 Å². The van der Waals surface area contributed by atoms with Gasteiger partial charge in [0.15, 0.2) is 0 Å². The first-order chi connectivity index (χ1) is 15.2. The minimum Gasteiger partial charge on any atom is -0.372 e. The van der Waals surface area contributed by atoms with Crippen LogP contribution < -0.4 is 10.2 Å². The summed E-state index contributed by atoms with van der Waals surface area (Å²) in [6, 6.07) is 16.4. The third-order valence-electron chi connectivity index (χ3n) is 5.99. The van der Waals surface area contributed by atoms with Crippen LogP contribution in [0.2, 0.25) is 0 Å². The fourth-order valence-corrected chi connectivity index (χ4v) is 4.22. The molecule has 2 aromatic carbocycles. The van der Waals surface area contributed by atoms with Gasteiger partial charge in [0.1, 0.15) is 11.6 Å². The lowest BCUT2D eigenvalue weighted by molar-refractivity contribution is -0.117. The first kappa shape index (κ1) is 20.7. The molecule has 1 aliphatic rings. The first-order valence-electron chi connectivity index (χ1n) is 11.0. The predicted molar refractivity (Wildman–Crippen MR) is 126 cm³/mol. The summed E-state index contributed by atoms with van der Waals surface area (Å²) in [5, 5.41) is 13.6. The van der Waals surface area contributed by atoms with Gasteiger partial charge in [0.25, 0.3) is 5.91 Å². The number of para-hydroxylation sites is 1. The van der Waals surface area contributed by atoms with Gasteiger partial charge in [0.2, 0.25) is 0 Å². The lowest BCUT2D eigenvalue weighted by atomic mass is 10.0. The third kappa shape index (κ3) is 4.80. The zero-order chi connectivity index (χ0) is 21.6. The third-order valence-corrected chi connectivity index (χ3v) is 5.99. The van der Waals surface area contributed by atoms with E-state index in [2.05, 4.69) is 39.5 Å². The number of hydrogen-bond donors (Lipinski definition) is 2. The van der Waals surface area contributed by atoms with E-state index in [9.17, 15) is 10.1 Å². The Kier molecular flexibility index (Phi) is 6.37. The number of nitrogens with zero attached hydrogens (tertiary/aromatic N) is 2. The van der Waals surface area contributed by atoms with Gasteiger partial charge in [-0.3, -0.25) is 4.79 Å². The number of amides is 1. The van der Waals surface area contributed by atoms with Crippen LogP contribution in [0.5, 0.6) is 0 Å². The maximum absolute atomic E-state index is 12.6. The summed E-state index contributed by atoms with van der Waals surface area (Å²) in [4.78, 5) is 18.2. The van der Waals surface area contributed by atoms with Crippen LogP contribution >= 0.6 is 0 Å². The van der Waals surface area contributed by atoms with Gasteiger partial charge < -0.3 is 15.2 Å². The standard InChI is InChI=1S/C26H28N4O/c1-19-15-23(30-13-5-2-6-14-30)10-9-20(19)16-22(17-27)26(31)28-12-11-21-18-29-25-8-4-3-7-24(21)25/h3-4,7-10,15-16,18,29H,2,5-6,11-14H2,1H3,(H,28,31)/b22-16-. The number of carbonyl (C=O) groups is 1. The zero-order valence-corrected chi connectivity index (χ0v) is 17.9. The van der Waals surface area contributed by atoms with E-state index in [4.69, 9.17) is 0 Å². The van der Waals surface area contributed by atoms with Gasteiger partial charge in [0, 0.05) is 42.4 Å². The van der Waals surface area contributed by atoms with Crippen molar-refractivity contribution in [2.45, 2.75) is 32.6 Å². The Morgan fingerprint density at radius 1 is 1.19 bits per heavy atom. The molecule has 0 bridgehead atoms. The van der Waals surface area contributed by atoms with E-state index < -0.39 is 0 Å². The molecular weight excluding hydrogens is 384 g/mol. The van der Waals surface area contributed by atoms with Crippen molar-refractivity contribution < 1.29 is 4.79 Å². The minimum atomic E-state index is -0.332. The number of anilines is 1. The molecular formula is C26H28N4O. The van der Waals surface area contributed by atoms with Crippen molar-refractivity contribution in [1.82, 2.24) is 10.3 Å². The van der Waals surface area contributed by atoms with Crippen LogP contribution in [-0.2, 0) is 11.2 Å². The van der Waals surface area contributed by atoms with Crippen LogP contribution in [0.25, 0.3) is 17.0 Å². The Bertz CT molecular complexity index is 1150. The number of benzene rings is 2. The summed E-state index contributed by atoms with van der Waals surface area (Å²) in [6.07, 6.45) is 8.15. The number of aromatic nitrogens is 1. The average molecular weight is 413 g/mol. The Labute approximate surface area is 183 Å². The average Bonchev–Trinajstić information content (AvgIpc) is 3.22. The summed E-state index contributed by atoms with van der Waals surface area (Å²) in [7, 11) is 0. The SMILES string of the molecule is Cc1cc(N2CCCCC2)ccc1/C=C(/C#N)C(=O)NCCc1c[nH]c2ccccc12. The van der Waals surface area contributed by atoms with E-state index in [1.54, 1.807) is 6.08 Å².